The molecule has 0 amide bonds. The van der Waals surface area contributed by atoms with E-state index >= 15 is 0 Å². The third kappa shape index (κ3) is 5.30. The first kappa shape index (κ1) is 24.1. The number of benzene rings is 2. The van der Waals surface area contributed by atoms with Gasteiger partial charge in [-0.1, -0.05) is 13.8 Å². The number of nitrogens with one attached hydrogen (secondary N) is 1. The van der Waals surface area contributed by atoms with Gasteiger partial charge >= 0.3 is 0 Å². The van der Waals surface area contributed by atoms with Crippen LogP contribution in [0.25, 0.3) is 0 Å². The number of methoxy groups -OCH3 is 2. The number of anilines is 1. The van der Waals surface area contributed by atoms with Gasteiger partial charge < -0.3 is 9.47 Å². The van der Waals surface area contributed by atoms with Crippen LogP contribution < -0.4 is 14.9 Å². The molecule has 0 fully saturated rings. The summed E-state index contributed by atoms with van der Waals surface area (Å²) in [5.74, 6) is 1.14. The van der Waals surface area contributed by atoms with Crippen molar-refractivity contribution >= 4 is 27.1 Å². The zero-order chi connectivity index (χ0) is 23.2. The van der Waals surface area contributed by atoms with Crippen molar-refractivity contribution in [3.05, 3.63) is 52.1 Å². The zero-order valence-electron chi connectivity index (χ0n) is 18.1. The lowest BCUT2D eigenvalue weighted by Crippen LogP contribution is -2.31. The molecule has 2 aromatic carbocycles. The summed E-state index contributed by atoms with van der Waals surface area (Å²) in [5.41, 5.74) is 3.73. The molecule has 168 valence electrons. The van der Waals surface area contributed by atoms with Crippen molar-refractivity contribution in [3.63, 3.8) is 0 Å². The highest BCUT2D eigenvalue weighted by atomic mass is 32.2. The maximum absolute atomic E-state index is 13.1. The van der Waals surface area contributed by atoms with Crippen LogP contribution in [-0.2, 0) is 10.0 Å². The second-order valence-corrected chi connectivity index (χ2v) is 8.31. The summed E-state index contributed by atoms with van der Waals surface area (Å²) in [5, 5.41) is 15.5. The maximum atomic E-state index is 13.1. The third-order valence-electron chi connectivity index (χ3n) is 4.64. The van der Waals surface area contributed by atoms with E-state index < -0.39 is 14.9 Å². The van der Waals surface area contributed by atoms with Gasteiger partial charge in [-0.2, -0.15) is 9.41 Å². The predicted octanol–water partition coefficient (Wildman–Crippen LogP) is 3.48. The number of ether oxygens (including phenoxy) is 2. The number of rotatable bonds is 10. The second-order valence-electron chi connectivity index (χ2n) is 6.40. The van der Waals surface area contributed by atoms with E-state index in [0.29, 0.717) is 22.8 Å². The van der Waals surface area contributed by atoms with Crippen LogP contribution in [0.1, 0.15) is 26.3 Å². The summed E-state index contributed by atoms with van der Waals surface area (Å²) in [4.78, 5) is 10.3. The van der Waals surface area contributed by atoms with Crippen molar-refractivity contribution in [1.82, 2.24) is 4.31 Å². The lowest BCUT2D eigenvalue weighted by Gasteiger charge is -2.20. The first-order chi connectivity index (χ1) is 14.7. The average molecular weight is 451 g/mol. The molecule has 0 aliphatic carbocycles. The van der Waals surface area contributed by atoms with E-state index in [4.69, 9.17) is 9.47 Å². The molecule has 0 saturated heterocycles. The van der Waals surface area contributed by atoms with Crippen LogP contribution in [-0.4, -0.2) is 50.7 Å². The summed E-state index contributed by atoms with van der Waals surface area (Å²) < 4.78 is 37.9. The standard InChI is InChI=1S/C20H26N4O6S/c1-6-23(7-2)31(27,28)20-12-15(24(25)26)8-11-18(20)22-21-14(3)17-10-9-16(29-4)13-19(17)30-5/h8-13,22H,6-7H2,1-5H3. The summed E-state index contributed by atoms with van der Waals surface area (Å²) in [7, 11) is -0.903. The number of nitro benzene ring substituents is 1. The molecule has 2 aromatic rings. The second kappa shape index (κ2) is 10.2. The highest BCUT2D eigenvalue weighted by Gasteiger charge is 2.27. The van der Waals surface area contributed by atoms with Gasteiger partial charge in [0.15, 0.2) is 0 Å². The normalized spacial score (nSPS) is 12.0. The van der Waals surface area contributed by atoms with Gasteiger partial charge in [-0.05, 0) is 25.1 Å². The maximum Gasteiger partial charge on any atom is 0.270 e. The fraction of sp³-hybridized carbons (Fsp3) is 0.350. The number of hydrazone groups is 1. The topological polar surface area (TPSA) is 123 Å². The molecule has 31 heavy (non-hydrogen) atoms. The van der Waals surface area contributed by atoms with Gasteiger partial charge in [0, 0.05) is 36.9 Å². The van der Waals surface area contributed by atoms with Crippen molar-refractivity contribution in [2.24, 2.45) is 5.10 Å². The minimum atomic E-state index is -3.97. The quantitative estimate of drug-likeness (QED) is 0.334. The molecule has 0 heterocycles. The SMILES string of the molecule is CCN(CC)S(=O)(=O)c1cc([N+](=O)[O-])ccc1NN=C(C)c1ccc(OC)cc1OC. The molecule has 0 atom stereocenters. The molecule has 0 saturated carbocycles. The van der Waals surface area contributed by atoms with Gasteiger partial charge in [0.05, 0.1) is 30.5 Å². The zero-order valence-corrected chi connectivity index (χ0v) is 18.9. The van der Waals surface area contributed by atoms with Gasteiger partial charge in [0.1, 0.15) is 16.4 Å². The Kier molecular flexibility index (Phi) is 7.95. The Hall–Kier alpha value is -3.18. The van der Waals surface area contributed by atoms with Gasteiger partial charge in [-0.15, -0.1) is 0 Å². The van der Waals surface area contributed by atoms with Crippen LogP contribution in [0, 0.1) is 10.1 Å². The smallest absolute Gasteiger partial charge is 0.270 e. The summed E-state index contributed by atoms with van der Waals surface area (Å²) in [6, 6.07) is 8.81. The van der Waals surface area contributed by atoms with Crippen LogP contribution in [0.4, 0.5) is 11.4 Å². The molecule has 0 radical (unpaired) electrons. The minimum absolute atomic E-state index is 0.129. The Bertz CT molecular complexity index is 1080. The van der Waals surface area contributed by atoms with E-state index in [1.54, 1.807) is 46.1 Å². The first-order valence-corrected chi connectivity index (χ1v) is 10.9. The molecule has 2 rings (SSSR count). The van der Waals surface area contributed by atoms with E-state index in [0.717, 1.165) is 6.07 Å². The van der Waals surface area contributed by atoms with Crippen molar-refractivity contribution in [1.29, 1.82) is 0 Å². The molecular formula is C20H26N4O6S. The highest BCUT2D eigenvalue weighted by Crippen LogP contribution is 2.30. The Morgan fingerprint density at radius 2 is 1.81 bits per heavy atom. The fourth-order valence-electron chi connectivity index (χ4n) is 2.93. The molecule has 0 aliphatic rings. The Morgan fingerprint density at radius 1 is 1.13 bits per heavy atom. The van der Waals surface area contributed by atoms with Gasteiger partial charge in [0.25, 0.3) is 5.69 Å². The number of hydrogen-bond acceptors (Lipinski definition) is 8. The van der Waals surface area contributed by atoms with Crippen molar-refractivity contribution in [2.45, 2.75) is 25.7 Å². The van der Waals surface area contributed by atoms with Gasteiger partial charge in [-0.25, -0.2) is 8.42 Å². The van der Waals surface area contributed by atoms with Crippen molar-refractivity contribution < 1.29 is 22.8 Å². The van der Waals surface area contributed by atoms with Crippen LogP contribution in [0.2, 0.25) is 0 Å². The predicted molar refractivity (Wildman–Crippen MR) is 119 cm³/mol. The Labute approximate surface area is 181 Å². The molecular weight excluding hydrogens is 424 g/mol. The molecule has 11 heteroatoms. The fourth-order valence-corrected chi connectivity index (χ4v) is 4.55. The molecule has 0 aliphatic heterocycles. The lowest BCUT2D eigenvalue weighted by atomic mass is 10.1. The summed E-state index contributed by atoms with van der Waals surface area (Å²) in [6.07, 6.45) is 0. The molecule has 0 spiro atoms. The molecule has 10 nitrogen and oxygen atoms in total. The van der Waals surface area contributed by atoms with Gasteiger partial charge in [0.2, 0.25) is 10.0 Å². The van der Waals surface area contributed by atoms with Crippen LogP contribution in [0.15, 0.2) is 46.4 Å². The number of sulfonamides is 1. The van der Waals surface area contributed by atoms with E-state index in [-0.39, 0.29) is 29.4 Å². The summed E-state index contributed by atoms with van der Waals surface area (Å²) >= 11 is 0. The van der Waals surface area contributed by atoms with Gasteiger partial charge in [-0.3, -0.25) is 15.5 Å². The highest BCUT2D eigenvalue weighted by molar-refractivity contribution is 7.89. The molecule has 0 aromatic heterocycles. The lowest BCUT2D eigenvalue weighted by molar-refractivity contribution is -0.385. The minimum Gasteiger partial charge on any atom is -0.497 e. The first-order valence-electron chi connectivity index (χ1n) is 9.50. The number of nitrogens with zero attached hydrogens (tertiary/aromatic N) is 3. The van der Waals surface area contributed by atoms with Crippen LogP contribution >= 0.6 is 0 Å². The number of non-ortho nitro benzene ring substituents is 1. The van der Waals surface area contributed by atoms with E-state index in [9.17, 15) is 18.5 Å². The summed E-state index contributed by atoms with van der Waals surface area (Å²) in [6.45, 7) is 5.58. The van der Waals surface area contributed by atoms with E-state index in [1.165, 1.54) is 23.5 Å². The third-order valence-corrected chi connectivity index (χ3v) is 6.73. The Morgan fingerprint density at radius 3 is 2.35 bits per heavy atom. The van der Waals surface area contributed by atoms with Crippen LogP contribution in [0.5, 0.6) is 11.5 Å². The average Bonchev–Trinajstić information content (AvgIpc) is 2.77. The largest absolute Gasteiger partial charge is 0.497 e. The van der Waals surface area contributed by atoms with E-state index in [1.807, 2.05) is 0 Å². The molecule has 1 N–H and O–H groups in total. The van der Waals surface area contributed by atoms with Crippen molar-refractivity contribution in [3.8, 4) is 11.5 Å². The monoisotopic (exact) mass is 450 g/mol. The molecule has 0 bridgehead atoms. The van der Waals surface area contributed by atoms with Crippen molar-refractivity contribution in [2.75, 3.05) is 32.7 Å². The van der Waals surface area contributed by atoms with E-state index in [2.05, 4.69) is 10.5 Å². The molecule has 0 unspecified atom stereocenters. The van der Waals surface area contributed by atoms with Crippen LogP contribution in [0.3, 0.4) is 0 Å². The number of nitro groups is 1. The Balaban J connectivity index is 2.51. The number of hydrogen-bond donors (Lipinski definition) is 1.